The number of aromatic nitrogens is 4. The number of hydrogen-bond donors (Lipinski definition) is 1. The van der Waals surface area contributed by atoms with E-state index in [0.717, 1.165) is 11.3 Å². The Morgan fingerprint density at radius 1 is 1.42 bits per heavy atom. The number of amides is 1. The highest BCUT2D eigenvalue weighted by Crippen LogP contribution is 2.21. The zero-order valence-electron chi connectivity index (χ0n) is 13.1. The second kappa shape index (κ2) is 6.78. The Morgan fingerprint density at radius 3 is 2.88 bits per heavy atom. The van der Waals surface area contributed by atoms with E-state index >= 15 is 0 Å². The number of nitrogens with zero attached hydrogens (tertiary/aromatic N) is 4. The third-order valence-corrected chi connectivity index (χ3v) is 4.79. The molecule has 0 spiro atoms. The highest BCUT2D eigenvalue weighted by atomic mass is 79.9. The molecule has 3 aromatic rings. The quantitative estimate of drug-likeness (QED) is 0.717. The second-order valence-electron chi connectivity index (χ2n) is 5.38. The van der Waals surface area contributed by atoms with Crippen molar-refractivity contribution in [2.75, 3.05) is 5.32 Å². The van der Waals surface area contributed by atoms with Crippen molar-refractivity contribution < 1.29 is 4.79 Å². The van der Waals surface area contributed by atoms with Crippen LogP contribution in [0.1, 0.15) is 21.7 Å². The van der Waals surface area contributed by atoms with Crippen molar-refractivity contribution in [2.24, 2.45) is 7.05 Å². The van der Waals surface area contributed by atoms with E-state index in [1.54, 1.807) is 28.8 Å². The number of aryl methyl sites for hydroxylation is 1. The Balaban J connectivity index is 1.71. The van der Waals surface area contributed by atoms with Crippen LogP contribution in [0.4, 0.5) is 5.69 Å². The molecule has 0 saturated heterocycles. The van der Waals surface area contributed by atoms with Crippen molar-refractivity contribution >= 4 is 39.1 Å². The maximum atomic E-state index is 12.3. The van der Waals surface area contributed by atoms with Crippen LogP contribution in [0.3, 0.4) is 0 Å². The third-order valence-electron chi connectivity index (χ3n) is 3.60. The highest BCUT2D eigenvalue weighted by Gasteiger charge is 2.18. The predicted molar refractivity (Wildman–Crippen MR) is 96.4 cm³/mol. The van der Waals surface area contributed by atoms with Gasteiger partial charge in [0.2, 0.25) is 0 Å². The SMILES string of the molecule is Cc1c(Br)c(C(=O)Nc2cnn(Cc3cccc(Cl)c3)c2)nn1C. The van der Waals surface area contributed by atoms with E-state index < -0.39 is 0 Å². The van der Waals surface area contributed by atoms with E-state index in [9.17, 15) is 4.79 Å². The summed E-state index contributed by atoms with van der Waals surface area (Å²) < 4.78 is 4.08. The first-order valence-electron chi connectivity index (χ1n) is 7.21. The number of rotatable bonds is 4. The molecule has 0 bridgehead atoms. The fraction of sp³-hybridized carbons (Fsp3) is 0.188. The van der Waals surface area contributed by atoms with Crippen LogP contribution in [0.15, 0.2) is 41.1 Å². The number of anilines is 1. The molecular weight excluding hydrogens is 394 g/mol. The molecule has 2 heterocycles. The number of hydrogen-bond acceptors (Lipinski definition) is 3. The van der Waals surface area contributed by atoms with Gasteiger partial charge in [-0.25, -0.2) is 0 Å². The molecule has 0 atom stereocenters. The molecule has 0 fully saturated rings. The Labute approximate surface area is 152 Å². The molecule has 2 aromatic heterocycles. The fourth-order valence-electron chi connectivity index (χ4n) is 2.25. The van der Waals surface area contributed by atoms with Gasteiger partial charge in [-0.2, -0.15) is 10.2 Å². The maximum absolute atomic E-state index is 12.3. The number of carbonyl (C=O) groups excluding carboxylic acids is 1. The smallest absolute Gasteiger partial charge is 0.277 e. The van der Waals surface area contributed by atoms with Crippen molar-refractivity contribution in [2.45, 2.75) is 13.5 Å². The topological polar surface area (TPSA) is 64.7 Å². The van der Waals surface area contributed by atoms with Crippen LogP contribution in [0, 0.1) is 6.92 Å². The van der Waals surface area contributed by atoms with Crippen LogP contribution in [0.25, 0.3) is 0 Å². The third kappa shape index (κ3) is 3.52. The van der Waals surface area contributed by atoms with Crippen molar-refractivity contribution in [1.29, 1.82) is 0 Å². The molecule has 1 aromatic carbocycles. The highest BCUT2D eigenvalue weighted by molar-refractivity contribution is 9.10. The number of carbonyl (C=O) groups is 1. The number of halogens is 2. The zero-order chi connectivity index (χ0) is 17.3. The van der Waals surface area contributed by atoms with Crippen LogP contribution < -0.4 is 5.32 Å². The minimum atomic E-state index is -0.284. The molecule has 6 nitrogen and oxygen atoms in total. The number of benzene rings is 1. The van der Waals surface area contributed by atoms with Gasteiger partial charge in [-0.1, -0.05) is 23.7 Å². The minimum Gasteiger partial charge on any atom is -0.318 e. The Morgan fingerprint density at radius 2 is 2.21 bits per heavy atom. The van der Waals surface area contributed by atoms with Crippen molar-refractivity contribution in [3.63, 3.8) is 0 Å². The maximum Gasteiger partial charge on any atom is 0.277 e. The van der Waals surface area contributed by atoms with Crippen LogP contribution in [-0.2, 0) is 13.6 Å². The molecule has 0 aliphatic carbocycles. The van der Waals surface area contributed by atoms with Crippen molar-refractivity contribution in [1.82, 2.24) is 19.6 Å². The van der Waals surface area contributed by atoms with E-state index in [4.69, 9.17) is 11.6 Å². The molecule has 0 radical (unpaired) electrons. The Kier molecular flexibility index (Phi) is 4.73. The summed E-state index contributed by atoms with van der Waals surface area (Å²) in [5.74, 6) is -0.284. The first kappa shape index (κ1) is 16.7. The molecule has 124 valence electrons. The minimum absolute atomic E-state index is 0.284. The fourth-order valence-corrected chi connectivity index (χ4v) is 2.98. The lowest BCUT2D eigenvalue weighted by molar-refractivity contribution is 0.102. The predicted octanol–water partition coefficient (Wildman–Crippen LogP) is 3.64. The monoisotopic (exact) mass is 407 g/mol. The molecule has 1 amide bonds. The van der Waals surface area contributed by atoms with E-state index in [0.29, 0.717) is 27.4 Å². The lowest BCUT2D eigenvalue weighted by atomic mass is 10.2. The van der Waals surface area contributed by atoms with Gasteiger partial charge in [-0.15, -0.1) is 0 Å². The van der Waals surface area contributed by atoms with Gasteiger partial charge in [0.15, 0.2) is 5.69 Å². The standard InChI is InChI=1S/C16H15BrClN5O/c1-10-14(17)15(21-22(10)2)16(24)20-13-7-19-23(9-13)8-11-4-3-5-12(18)6-11/h3-7,9H,8H2,1-2H3,(H,20,24). The average molecular weight is 409 g/mol. The van der Waals surface area contributed by atoms with Gasteiger partial charge in [0.05, 0.1) is 28.6 Å². The van der Waals surface area contributed by atoms with Crippen molar-refractivity contribution in [3.8, 4) is 0 Å². The van der Waals surface area contributed by atoms with Gasteiger partial charge in [-0.05, 0) is 40.5 Å². The summed E-state index contributed by atoms with van der Waals surface area (Å²) in [7, 11) is 1.79. The summed E-state index contributed by atoms with van der Waals surface area (Å²) in [6.07, 6.45) is 3.37. The summed E-state index contributed by atoms with van der Waals surface area (Å²) >= 11 is 9.38. The summed E-state index contributed by atoms with van der Waals surface area (Å²) in [5, 5.41) is 11.9. The molecule has 8 heteroatoms. The first-order valence-corrected chi connectivity index (χ1v) is 8.38. The summed E-state index contributed by atoms with van der Waals surface area (Å²) in [4.78, 5) is 12.3. The van der Waals surface area contributed by atoms with Gasteiger partial charge in [-0.3, -0.25) is 14.2 Å². The van der Waals surface area contributed by atoms with Gasteiger partial charge in [0, 0.05) is 18.3 Å². The molecule has 1 N–H and O–H groups in total. The van der Waals surface area contributed by atoms with E-state index in [-0.39, 0.29) is 5.91 Å². The lowest BCUT2D eigenvalue weighted by Crippen LogP contribution is -2.13. The lowest BCUT2D eigenvalue weighted by Gasteiger charge is -2.02. The molecule has 0 aliphatic heterocycles. The van der Waals surface area contributed by atoms with Crippen LogP contribution in [-0.4, -0.2) is 25.5 Å². The molecule has 3 rings (SSSR count). The van der Waals surface area contributed by atoms with Crippen LogP contribution >= 0.6 is 27.5 Å². The summed E-state index contributed by atoms with van der Waals surface area (Å²) in [5.41, 5.74) is 2.87. The van der Waals surface area contributed by atoms with Gasteiger partial charge in [0.25, 0.3) is 5.91 Å². The summed E-state index contributed by atoms with van der Waals surface area (Å²) in [6.45, 7) is 2.46. The van der Waals surface area contributed by atoms with E-state index in [1.165, 1.54) is 0 Å². The first-order chi connectivity index (χ1) is 11.4. The largest absolute Gasteiger partial charge is 0.318 e. The molecular formula is C16H15BrClN5O. The normalized spacial score (nSPS) is 10.8. The zero-order valence-corrected chi connectivity index (χ0v) is 15.5. The van der Waals surface area contributed by atoms with Crippen LogP contribution in [0.2, 0.25) is 5.02 Å². The molecule has 0 aliphatic rings. The van der Waals surface area contributed by atoms with E-state index in [2.05, 4.69) is 31.4 Å². The Hall–Kier alpha value is -2.12. The van der Waals surface area contributed by atoms with Crippen molar-refractivity contribution in [3.05, 3.63) is 63.1 Å². The molecule has 0 unspecified atom stereocenters. The van der Waals surface area contributed by atoms with Gasteiger partial charge in [0.1, 0.15) is 0 Å². The number of nitrogens with one attached hydrogen (secondary N) is 1. The average Bonchev–Trinajstić information content (AvgIpc) is 3.07. The second-order valence-corrected chi connectivity index (χ2v) is 6.61. The Bertz CT molecular complexity index is 902. The van der Waals surface area contributed by atoms with Crippen LogP contribution in [0.5, 0.6) is 0 Å². The molecule has 0 saturated carbocycles. The van der Waals surface area contributed by atoms with Gasteiger partial charge < -0.3 is 5.32 Å². The molecule has 24 heavy (non-hydrogen) atoms. The van der Waals surface area contributed by atoms with E-state index in [1.807, 2.05) is 31.2 Å². The van der Waals surface area contributed by atoms with Gasteiger partial charge >= 0.3 is 0 Å². The summed E-state index contributed by atoms with van der Waals surface area (Å²) in [6, 6.07) is 7.58.